The van der Waals surface area contributed by atoms with Gasteiger partial charge in [0, 0.05) is 24.7 Å². The maximum atomic E-state index is 12.1. The van der Waals surface area contributed by atoms with E-state index in [-0.39, 0.29) is 11.5 Å². The number of hydrogen-bond acceptors (Lipinski definition) is 4. The zero-order valence-corrected chi connectivity index (χ0v) is 14.8. The highest BCUT2D eigenvalue weighted by molar-refractivity contribution is 7.13. The third kappa shape index (κ3) is 4.42. The fraction of sp³-hybridized carbons (Fsp3) is 0.211. The number of para-hydroxylation sites is 1. The molecule has 0 atom stereocenters. The van der Waals surface area contributed by atoms with Crippen molar-refractivity contribution in [3.05, 3.63) is 69.8 Å². The lowest BCUT2D eigenvalue weighted by molar-refractivity contribution is -0.116. The number of nitrogens with zero attached hydrogens (tertiary/aromatic N) is 2. The van der Waals surface area contributed by atoms with Crippen LogP contribution in [0.2, 0.25) is 0 Å². The van der Waals surface area contributed by atoms with Gasteiger partial charge in [0.05, 0.1) is 4.88 Å². The Labute approximate surface area is 150 Å². The zero-order valence-electron chi connectivity index (χ0n) is 13.9. The van der Waals surface area contributed by atoms with E-state index in [1.165, 1.54) is 10.7 Å². The van der Waals surface area contributed by atoms with E-state index in [1.54, 1.807) is 17.4 Å². The summed E-state index contributed by atoms with van der Waals surface area (Å²) in [7, 11) is 0. The van der Waals surface area contributed by atoms with E-state index in [1.807, 2.05) is 48.7 Å². The molecule has 3 rings (SSSR count). The molecule has 0 radical (unpaired) electrons. The number of anilines is 1. The molecule has 5 nitrogen and oxygen atoms in total. The van der Waals surface area contributed by atoms with Gasteiger partial charge in [0.25, 0.3) is 5.56 Å². The normalized spacial score (nSPS) is 10.6. The Hall–Kier alpha value is -2.73. The standard InChI is InChI=1S/C19H19N3O2S/c1-14-6-2-3-7-15(14)20-18(23)9-4-12-22-19(24)11-10-16(21-22)17-8-5-13-25-17/h2-3,5-8,10-11,13H,4,9,12H2,1H3,(H,20,23). The number of benzene rings is 1. The van der Waals surface area contributed by atoms with Crippen molar-refractivity contribution in [3.63, 3.8) is 0 Å². The van der Waals surface area contributed by atoms with Crippen LogP contribution in [-0.4, -0.2) is 15.7 Å². The fourth-order valence-electron chi connectivity index (χ4n) is 2.48. The highest BCUT2D eigenvalue weighted by atomic mass is 32.1. The number of thiophene rings is 1. The predicted molar refractivity (Wildman–Crippen MR) is 101 cm³/mol. The first-order chi connectivity index (χ1) is 12.1. The van der Waals surface area contributed by atoms with Gasteiger partial charge in [-0.3, -0.25) is 9.59 Å². The first-order valence-electron chi connectivity index (χ1n) is 8.11. The van der Waals surface area contributed by atoms with E-state index in [4.69, 9.17) is 0 Å². The first kappa shape index (κ1) is 17.1. The molecule has 2 aromatic heterocycles. The second-order valence-corrected chi connectivity index (χ2v) is 6.67. The summed E-state index contributed by atoms with van der Waals surface area (Å²) < 4.78 is 1.43. The van der Waals surface area contributed by atoms with Gasteiger partial charge in [-0.1, -0.05) is 24.3 Å². The molecule has 1 N–H and O–H groups in total. The van der Waals surface area contributed by atoms with Crippen LogP contribution in [0.4, 0.5) is 5.69 Å². The van der Waals surface area contributed by atoms with Crippen molar-refractivity contribution in [1.82, 2.24) is 9.78 Å². The third-order valence-electron chi connectivity index (χ3n) is 3.83. The maximum absolute atomic E-state index is 12.1. The Kier molecular flexibility index (Phi) is 5.40. The average Bonchev–Trinajstić information content (AvgIpc) is 3.13. The zero-order chi connectivity index (χ0) is 17.6. The summed E-state index contributed by atoms with van der Waals surface area (Å²) in [6.07, 6.45) is 0.893. The molecule has 0 aliphatic rings. The van der Waals surface area contributed by atoms with Crippen LogP contribution in [-0.2, 0) is 11.3 Å². The molecular formula is C19H19N3O2S. The number of carbonyl (C=O) groups is 1. The van der Waals surface area contributed by atoms with Crippen molar-refractivity contribution in [2.45, 2.75) is 26.3 Å². The Morgan fingerprint density at radius 1 is 1.16 bits per heavy atom. The molecule has 0 aliphatic heterocycles. The molecule has 6 heteroatoms. The lowest BCUT2D eigenvalue weighted by Gasteiger charge is -2.09. The average molecular weight is 353 g/mol. The smallest absolute Gasteiger partial charge is 0.266 e. The van der Waals surface area contributed by atoms with Crippen molar-refractivity contribution < 1.29 is 4.79 Å². The number of aryl methyl sites for hydroxylation is 2. The van der Waals surface area contributed by atoms with E-state index in [0.29, 0.717) is 19.4 Å². The first-order valence-corrected chi connectivity index (χ1v) is 8.99. The molecule has 0 unspecified atom stereocenters. The molecule has 0 spiro atoms. The number of hydrogen-bond donors (Lipinski definition) is 1. The highest BCUT2D eigenvalue weighted by Crippen LogP contribution is 2.21. The summed E-state index contributed by atoms with van der Waals surface area (Å²) in [5.41, 5.74) is 2.47. The van der Waals surface area contributed by atoms with Crippen molar-refractivity contribution in [2.75, 3.05) is 5.32 Å². The van der Waals surface area contributed by atoms with Crippen molar-refractivity contribution in [3.8, 4) is 10.6 Å². The van der Waals surface area contributed by atoms with Crippen molar-refractivity contribution >= 4 is 22.9 Å². The molecule has 0 saturated heterocycles. The van der Waals surface area contributed by atoms with Gasteiger partial charge in [-0.25, -0.2) is 4.68 Å². The fourth-order valence-corrected chi connectivity index (χ4v) is 3.17. The van der Waals surface area contributed by atoms with Gasteiger partial charge in [-0.2, -0.15) is 5.10 Å². The van der Waals surface area contributed by atoms with Crippen LogP contribution in [0.25, 0.3) is 10.6 Å². The maximum Gasteiger partial charge on any atom is 0.266 e. The van der Waals surface area contributed by atoms with Gasteiger partial charge >= 0.3 is 0 Å². The Bertz CT molecular complexity index is 916. The minimum Gasteiger partial charge on any atom is -0.326 e. The summed E-state index contributed by atoms with van der Waals surface area (Å²) in [5.74, 6) is -0.0586. The van der Waals surface area contributed by atoms with Crippen LogP contribution in [0.1, 0.15) is 18.4 Å². The van der Waals surface area contributed by atoms with Crippen LogP contribution >= 0.6 is 11.3 Å². The number of rotatable bonds is 6. The van der Waals surface area contributed by atoms with Crippen LogP contribution in [0.5, 0.6) is 0 Å². The minimum atomic E-state index is -0.153. The van der Waals surface area contributed by atoms with E-state index < -0.39 is 0 Å². The quantitative estimate of drug-likeness (QED) is 0.735. The van der Waals surface area contributed by atoms with Gasteiger partial charge in [-0.15, -0.1) is 11.3 Å². The monoisotopic (exact) mass is 353 g/mol. The third-order valence-corrected chi connectivity index (χ3v) is 4.73. The summed E-state index contributed by atoms with van der Waals surface area (Å²) in [6.45, 7) is 2.37. The lowest BCUT2D eigenvalue weighted by Crippen LogP contribution is -2.23. The Morgan fingerprint density at radius 2 is 2.00 bits per heavy atom. The molecule has 25 heavy (non-hydrogen) atoms. The topological polar surface area (TPSA) is 64.0 Å². The van der Waals surface area contributed by atoms with Crippen LogP contribution in [0.15, 0.2) is 58.7 Å². The van der Waals surface area contributed by atoms with Gasteiger partial charge in [0.15, 0.2) is 0 Å². The number of carbonyl (C=O) groups excluding carboxylic acids is 1. The molecule has 128 valence electrons. The van der Waals surface area contributed by atoms with Crippen LogP contribution in [0, 0.1) is 6.92 Å². The summed E-state index contributed by atoms with van der Waals surface area (Å²) in [5, 5.41) is 9.27. The highest BCUT2D eigenvalue weighted by Gasteiger charge is 2.07. The van der Waals surface area contributed by atoms with Gasteiger partial charge in [-0.05, 0) is 42.5 Å². The van der Waals surface area contributed by atoms with E-state index in [9.17, 15) is 9.59 Å². The number of nitrogens with one attached hydrogen (secondary N) is 1. The lowest BCUT2D eigenvalue weighted by atomic mass is 10.2. The summed E-state index contributed by atoms with van der Waals surface area (Å²) in [4.78, 5) is 25.1. The van der Waals surface area contributed by atoms with Crippen molar-refractivity contribution in [2.24, 2.45) is 0 Å². The molecule has 0 saturated carbocycles. The van der Waals surface area contributed by atoms with Crippen LogP contribution in [0.3, 0.4) is 0 Å². The van der Waals surface area contributed by atoms with Gasteiger partial charge in [0.2, 0.25) is 5.91 Å². The molecule has 2 heterocycles. The molecule has 0 fully saturated rings. The summed E-state index contributed by atoms with van der Waals surface area (Å²) in [6, 6.07) is 14.8. The minimum absolute atomic E-state index is 0.0586. The molecule has 3 aromatic rings. The summed E-state index contributed by atoms with van der Waals surface area (Å²) >= 11 is 1.58. The molecule has 1 amide bonds. The molecule has 0 aliphatic carbocycles. The largest absolute Gasteiger partial charge is 0.326 e. The Balaban J connectivity index is 1.58. The SMILES string of the molecule is Cc1ccccc1NC(=O)CCCn1nc(-c2cccs2)ccc1=O. The van der Waals surface area contributed by atoms with Gasteiger partial charge in [0.1, 0.15) is 5.69 Å². The van der Waals surface area contributed by atoms with E-state index >= 15 is 0 Å². The van der Waals surface area contributed by atoms with Crippen LogP contribution < -0.4 is 10.9 Å². The Morgan fingerprint density at radius 3 is 2.76 bits per heavy atom. The van der Waals surface area contributed by atoms with Gasteiger partial charge < -0.3 is 5.32 Å². The predicted octanol–water partition coefficient (Wildman–Crippen LogP) is 3.70. The van der Waals surface area contributed by atoms with Crippen molar-refractivity contribution in [1.29, 1.82) is 0 Å². The molecule has 1 aromatic carbocycles. The second-order valence-electron chi connectivity index (χ2n) is 5.72. The number of aromatic nitrogens is 2. The molecular weight excluding hydrogens is 334 g/mol. The molecule has 0 bridgehead atoms. The number of amides is 1. The van der Waals surface area contributed by atoms with E-state index in [0.717, 1.165) is 21.8 Å². The van der Waals surface area contributed by atoms with E-state index in [2.05, 4.69) is 10.4 Å². The second kappa shape index (κ2) is 7.90.